The van der Waals surface area contributed by atoms with Crippen molar-refractivity contribution in [1.82, 2.24) is 15.5 Å². The highest BCUT2D eigenvalue weighted by Gasteiger charge is 2.17. The lowest BCUT2D eigenvalue weighted by Crippen LogP contribution is -2.46. The van der Waals surface area contributed by atoms with Gasteiger partial charge in [-0.1, -0.05) is 0 Å². The Kier molecular flexibility index (Phi) is 6.55. The van der Waals surface area contributed by atoms with Crippen molar-refractivity contribution in [1.29, 1.82) is 5.26 Å². The van der Waals surface area contributed by atoms with E-state index in [4.69, 9.17) is 10.00 Å². The van der Waals surface area contributed by atoms with Crippen LogP contribution in [0.2, 0.25) is 0 Å². The van der Waals surface area contributed by atoms with Gasteiger partial charge in [-0.25, -0.2) is 0 Å². The SMILES string of the molecule is CN1CCO[C@H](CNCC(=O)NCCC#N)C1. The fourth-order valence-corrected chi connectivity index (χ4v) is 1.66. The molecule has 0 unspecified atom stereocenters. The highest BCUT2D eigenvalue weighted by atomic mass is 16.5. The van der Waals surface area contributed by atoms with Crippen LogP contribution in [-0.2, 0) is 9.53 Å². The van der Waals surface area contributed by atoms with Gasteiger partial charge in [0.2, 0.25) is 5.91 Å². The first-order chi connectivity index (χ1) is 8.22. The van der Waals surface area contributed by atoms with E-state index in [1.54, 1.807) is 0 Å². The van der Waals surface area contributed by atoms with Crippen LogP contribution in [0.1, 0.15) is 6.42 Å². The van der Waals surface area contributed by atoms with Crippen molar-refractivity contribution in [3.05, 3.63) is 0 Å². The molecule has 0 bridgehead atoms. The number of carbonyl (C=O) groups excluding carboxylic acids is 1. The topological polar surface area (TPSA) is 77.4 Å². The predicted octanol–water partition coefficient (Wildman–Crippen LogP) is -1.06. The van der Waals surface area contributed by atoms with Gasteiger partial charge >= 0.3 is 0 Å². The molecular weight excluding hydrogens is 220 g/mol. The third-order valence-electron chi connectivity index (χ3n) is 2.56. The van der Waals surface area contributed by atoms with Crippen molar-refractivity contribution in [3.63, 3.8) is 0 Å². The van der Waals surface area contributed by atoms with Crippen LogP contribution in [-0.4, -0.2) is 63.3 Å². The van der Waals surface area contributed by atoms with E-state index in [-0.39, 0.29) is 18.6 Å². The zero-order valence-corrected chi connectivity index (χ0v) is 10.2. The van der Waals surface area contributed by atoms with Crippen molar-refractivity contribution in [2.45, 2.75) is 12.5 Å². The number of nitrogens with one attached hydrogen (secondary N) is 2. The van der Waals surface area contributed by atoms with Crippen molar-refractivity contribution in [2.75, 3.05) is 46.4 Å². The van der Waals surface area contributed by atoms with E-state index in [9.17, 15) is 4.79 Å². The first-order valence-corrected chi connectivity index (χ1v) is 5.87. The molecule has 1 rings (SSSR count). The lowest BCUT2D eigenvalue weighted by atomic mass is 10.3. The summed E-state index contributed by atoms with van der Waals surface area (Å²) in [6, 6.07) is 1.98. The number of morpholine rings is 1. The van der Waals surface area contributed by atoms with Gasteiger partial charge in [0.05, 0.1) is 31.7 Å². The van der Waals surface area contributed by atoms with Gasteiger partial charge < -0.3 is 20.3 Å². The van der Waals surface area contributed by atoms with Crippen LogP contribution in [0.5, 0.6) is 0 Å². The highest BCUT2D eigenvalue weighted by Crippen LogP contribution is 2.00. The van der Waals surface area contributed by atoms with Gasteiger partial charge in [-0.15, -0.1) is 0 Å². The average Bonchev–Trinajstić information content (AvgIpc) is 2.29. The van der Waals surface area contributed by atoms with E-state index in [1.165, 1.54) is 0 Å². The van der Waals surface area contributed by atoms with E-state index in [0.29, 0.717) is 19.5 Å². The Hall–Kier alpha value is -1.16. The summed E-state index contributed by atoms with van der Waals surface area (Å²) in [6.07, 6.45) is 0.503. The van der Waals surface area contributed by atoms with Crippen LogP contribution in [0.3, 0.4) is 0 Å². The maximum absolute atomic E-state index is 11.3. The Morgan fingerprint density at radius 1 is 1.65 bits per heavy atom. The van der Waals surface area contributed by atoms with Crippen molar-refractivity contribution in [2.24, 2.45) is 0 Å². The summed E-state index contributed by atoms with van der Waals surface area (Å²) in [6.45, 7) is 3.97. The molecule has 2 N–H and O–H groups in total. The molecule has 6 nitrogen and oxygen atoms in total. The van der Waals surface area contributed by atoms with Crippen molar-refractivity contribution >= 4 is 5.91 Å². The summed E-state index contributed by atoms with van der Waals surface area (Å²) < 4.78 is 5.55. The van der Waals surface area contributed by atoms with E-state index in [2.05, 4.69) is 22.6 Å². The maximum Gasteiger partial charge on any atom is 0.233 e. The fourth-order valence-electron chi connectivity index (χ4n) is 1.66. The van der Waals surface area contributed by atoms with E-state index in [1.807, 2.05) is 6.07 Å². The molecule has 17 heavy (non-hydrogen) atoms. The summed E-state index contributed by atoms with van der Waals surface area (Å²) in [7, 11) is 2.06. The van der Waals surface area contributed by atoms with Crippen LogP contribution in [0.25, 0.3) is 0 Å². The third kappa shape index (κ3) is 6.22. The predicted molar refractivity (Wildman–Crippen MR) is 63.3 cm³/mol. The zero-order valence-electron chi connectivity index (χ0n) is 10.2. The van der Waals surface area contributed by atoms with Gasteiger partial charge in [0.1, 0.15) is 0 Å². The maximum atomic E-state index is 11.3. The lowest BCUT2D eigenvalue weighted by molar-refractivity contribution is -0.120. The minimum atomic E-state index is -0.0792. The number of nitriles is 1. The summed E-state index contributed by atoms with van der Waals surface area (Å²) >= 11 is 0. The minimum Gasteiger partial charge on any atom is -0.374 e. The van der Waals surface area contributed by atoms with Gasteiger partial charge in [0.25, 0.3) is 0 Å². The first kappa shape index (κ1) is 13.9. The molecule has 1 fully saturated rings. The number of likely N-dealkylation sites (N-methyl/N-ethyl adjacent to an activating group) is 1. The Morgan fingerprint density at radius 3 is 3.18 bits per heavy atom. The molecule has 1 aliphatic rings. The molecule has 0 saturated carbocycles. The molecule has 1 saturated heterocycles. The number of rotatable bonds is 6. The number of carbonyl (C=O) groups is 1. The van der Waals surface area contributed by atoms with E-state index in [0.717, 1.165) is 19.7 Å². The third-order valence-corrected chi connectivity index (χ3v) is 2.56. The van der Waals surface area contributed by atoms with Gasteiger partial charge in [-0.05, 0) is 7.05 Å². The Bertz CT molecular complexity index is 277. The van der Waals surface area contributed by atoms with Crippen LogP contribution >= 0.6 is 0 Å². The zero-order chi connectivity index (χ0) is 12.5. The minimum absolute atomic E-state index is 0.0792. The molecule has 1 heterocycles. The number of nitrogens with zero attached hydrogens (tertiary/aromatic N) is 2. The number of hydrogen-bond acceptors (Lipinski definition) is 5. The molecule has 0 aromatic rings. The van der Waals surface area contributed by atoms with Crippen molar-refractivity contribution in [3.8, 4) is 6.07 Å². The molecule has 0 aromatic carbocycles. The van der Waals surface area contributed by atoms with Crippen molar-refractivity contribution < 1.29 is 9.53 Å². The normalized spacial score (nSPS) is 20.8. The number of hydrogen-bond donors (Lipinski definition) is 2. The highest BCUT2D eigenvalue weighted by molar-refractivity contribution is 5.77. The first-order valence-electron chi connectivity index (χ1n) is 5.87. The second kappa shape index (κ2) is 8.01. The van der Waals surface area contributed by atoms with E-state index >= 15 is 0 Å². The fraction of sp³-hybridized carbons (Fsp3) is 0.818. The van der Waals surface area contributed by atoms with Gasteiger partial charge in [-0.2, -0.15) is 5.26 Å². The lowest BCUT2D eigenvalue weighted by Gasteiger charge is -2.30. The summed E-state index contributed by atoms with van der Waals surface area (Å²) in [5.74, 6) is -0.0792. The van der Waals surface area contributed by atoms with Gasteiger partial charge in [0.15, 0.2) is 0 Å². The summed E-state index contributed by atoms with van der Waals surface area (Å²) in [4.78, 5) is 13.5. The average molecular weight is 240 g/mol. The summed E-state index contributed by atoms with van der Waals surface area (Å²) in [5, 5.41) is 14.0. The van der Waals surface area contributed by atoms with Crippen LogP contribution in [0.15, 0.2) is 0 Å². The summed E-state index contributed by atoms with van der Waals surface area (Å²) in [5.41, 5.74) is 0. The molecule has 0 spiro atoms. The molecule has 0 radical (unpaired) electrons. The number of ether oxygens (including phenoxy) is 1. The number of amides is 1. The molecule has 1 aliphatic heterocycles. The second-order valence-electron chi connectivity index (χ2n) is 4.14. The molecule has 0 aromatic heterocycles. The molecule has 1 amide bonds. The largest absolute Gasteiger partial charge is 0.374 e. The quantitative estimate of drug-likeness (QED) is 0.579. The van der Waals surface area contributed by atoms with E-state index < -0.39 is 0 Å². The molecule has 1 atom stereocenters. The van der Waals surface area contributed by atoms with Crippen LogP contribution < -0.4 is 10.6 Å². The molecule has 0 aliphatic carbocycles. The van der Waals surface area contributed by atoms with Gasteiger partial charge in [0, 0.05) is 26.2 Å². The monoisotopic (exact) mass is 240 g/mol. The Balaban J connectivity index is 2.03. The standard InChI is InChI=1S/C11H20N4O2/c1-15-5-6-17-10(9-15)7-13-8-11(16)14-4-2-3-12/h10,13H,2,4-9H2,1H3,(H,14,16)/t10-/m1/s1. The molecular formula is C11H20N4O2. The van der Waals surface area contributed by atoms with Crippen LogP contribution in [0.4, 0.5) is 0 Å². The van der Waals surface area contributed by atoms with Crippen LogP contribution in [0, 0.1) is 11.3 Å². The smallest absolute Gasteiger partial charge is 0.233 e. The second-order valence-corrected chi connectivity index (χ2v) is 4.14. The Morgan fingerprint density at radius 2 is 2.47 bits per heavy atom. The van der Waals surface area contributed by atoms with Gasteiger partial charge in [-0.3, -0.25) is 4.79 Å². The Labute approximate surface area is 102 Å². The molecule has 6 heteroatoms. The molecule has 96 valence electrons.